The van der Waals surface area contributed by atoms with E-state index in [0.717, 1.165) is 0 Å². The van der Waals surface area contributed by atoms with Crippen LogP contribution < -0.4 is 16.2 Å². The molecule has 1 heterocycles. The number of carbonyl (C=O) groups excluding carboxylic acids is 3. The van der Waals surface area contributed by atoms with Crippen molar-refractivity contribution in [2.24, 2.45) is 0 Å². The fourth-order valence-electron chi connectivity index (χ4n) is 3.37. The van der Waals surface area contributed by atoms with Crippen LogP contribution in [0, 0.1) is 0 Å². The minimum Gasteiger partial charge on any atom is -0.462 e. The average Bonchev–Trinajstić information content (AvgIpc) is 2.80. The number of esters is 1. The van der Waals surface area contributed by atoms with E-state index in [2.05, 4.69) is 15.6 Å². The van der Waals surface area contributed by atoms with Gasteiger partial charge in [0, 0.05) is 25.1 Å². The summed E-state index contributed by atoms with van der Waals surface area (Å²) in [6.07, 6.45) is 0.292. The predicted molar refractivity (Wildman–Crippen MR) is 124 cm³/mol. The van der Waals surface area contributed by atoms with Gasteiger partial charge in [0.1, 0.15) is 12.2 Å². The van der Waals surface area contributed by atoms with Crippen molar-refractivity contribution >= 4 is 34.5 Å². The summed E-state index contributed by atoms with van der Waals surface area (Å²) < 4.78 is 6.33. The van der Waals surface area contributed by atoms with Crippen LogP contribution in [0.4, 0.5) is 5.69 Å². The lowest BCUT2D eigenvalue weighted by Crippen LogP contribution is -2.32. The number of nitrogens with one attached hydrogen (secondary N) is 2. The monoisotopic (exact) mass is 450 g/mol. The highest BCUT2D eigenvalue weighted by Crippen LogP contribution is 2.14. The number of fused-ring (bicyclic) bond motifs is 1. The van der Waals surface area contributed by atoms with Gasteiger partial charge in [-0.1, -0.05) is 18.2 Å². The van der Waals surface area contributed by atoms with Gasteiger partial charge in [-0.15, -0.1) is 0 Å². The highest BCUT2D eigenvalue weighted by molar-refractivity contribution is 5.95. The minimum atomic E-state index is -0.485. The number of hydrogen-bond donors (Lipinski definition) is 2. The number of carbonyl (C=O) groups is 3. The number of amides is 2. The maximum atomic E-state index is 13.1. The molecular weight excluding hydrogens is 424 g/mol. The lowest BCUT2D eigenvalue weighted by molar-refractivity contribution is -0.121. The van der Waals surface area contributed by atoms with Crippen molar-refractivity contribution in [1.29, 1.82) is 0 Å². The second-order valence-corrected chi connectivity index (χ2v) is 7.24. The molecule has 0 bridgehead atoms. The summed E-state index contributed by atoms with van der Waals surface area (Å²) in [6.45, 7) is 4.03. The number of aromatic nitrogens is 2. The topological polar surface area (TPSA) is 119 Å². The van der Waals surface area contributed by atoms with Gasteiger partial charge in [0.2, 0.25) is 11.8 Å². The molecule has 33 heavy (non-hydrogen) atoms. The van der Waals surface area contributed by atoms with Crippen LogP contribution in [-0.4, -0.2) is 40.5 Å². The maximum absolute atomic E-state index is 13.1. The Balaban J connectivity index is 1.84. The zero-order chi connectivity index (χ0) is 23.8. The molecule has 2 amide bonds. The van der Waals surface area contributed by atoms with Crippen LogP contribution in [0.15, 0.2) is 53.3 Å². The van der Waals surface area contributed by atoms with Gasteiger partial charge in [0.05, 0.1) is 23.2 Å². The molecule has 2 aromatic carbocycles. The van der Waals surface area contributed by atoms with Gasteiger partial charge in [-0.05, 0) is 44.2 Å². The van der Waals surface area contributed by atoms with Crippen LogP contribution in [0.1, 0.15) is 36.3 Å². The van der Waals surface area contributed by atoms with Gasteiger partial charge in [-0.2, -0.15) is 0 Å². The van der Waals surface area contributed by atoms with E-state index in [0.29, 0.717) is 28.8 Å². The average molecular weight is 450 g/mol. The molecular formula is C24H26N4O5. The lowest BCUT2D eigenvalue weighted by atomic mass is 10.2. The van der Waals surface area contributed by atoms with Crippen molar-refractivity contribution in [2.75, 3.05) is 18.5 Å². The summed E-state index contributed by atoms with van der Waals surface area (Å²) >= 11 is 0. The van der Waals surface area contributed by atoms with E-state index in [-0.39, 0.29) is 37.6 Å². The van der Waals surface area contributed by atoms with E-state index in [1.807, 2.05) is 6.92 Å². The number of benzene rings is 2. The molecule has 0 aliphatic heterocycles. The molecule has 0 atom stereocenters. The second kappa shape index (κ2) is 11.0. The van der Waals surface area contributed by atoms with Crippen LogP contribution >= 0.6 is 0 Å². The van der Waals surface area contributed by atoms with Crippen LogP contribution in [0.25, 0.3) is 11.0 Å². The van der Waals surface area contributed by atoms with Crippen molar-refractivity contribution in [3.63, 3.8) is 0 Å². The summed E-state index contributed by atoms with van der Waals surface area (Å²) in [5, 5.41) is 5.41. The number of nitrogens with zero attached hydrogens (tertiary/aromatic N) is 2. The lowest BCUT2D eigenvalue weighted by Gasteiger charge is -2.13. The molecule has 0 saturated carbocycles. The van der Waals surface area contributed by atoms with E-state index in [1.54, 1.807) is 49.4 Å². The maximum Gasteiger partial charge on any atom is 0.338 e. The van der Waals surface area contributed by atoms with Crippen molar-refractivity contribution in [3.8, 4) is 0 Å². The SMILES string of the molecule is CCNC(=O)CCc1nc2ccccc2n(CC(=O)Nc2cccc(C(=O)OCC)c2)c1=O. The van der Waals surface area contributed by atoms with Crippen molar-refractivity contribution < 1.29 is 19.1 Å². The number of aryl methyl sites for hydroxylation is 1. The first-order valence-electron chi connectivity index (χ1n) is 10.7. The zero-order valence-electron chi connectivity index (χ0n) is 18.6. The first kappa shape index (κ1) is 23.6. The molecule has 172 valence electrons. The molecule has 0 aliphatic carbocycles. The minimum absolute atomic E-state index is 0.126. The van der Waals surface area contributed by atoms with Gasteiger partial charge < -0.3 is 15.4 Å². The molecule has 0 unspecified atom stereocenters. The quantitative estimate of drug-likeness (QED) is 0.483. The number of ether oxygens (including phenoxy) is 1. The molecule has 0 spiro atoms. The Morgan fingerprint density at radius 2 is 1.82 bits per heavy atom. The Hall–Kier alpha value is -4.01. The summed E-state index contributed by atoms with van der Waals surface area (Å²) in [5.41, 5.74) is 1.59. The fraction of sp³-hybridized carbons (Fsp3) is 0.292. The van der Waals surface area contributed by atoms with Crippen molar-refractivity contribution in [2.45, 2.75) is 33.2 Å². The van der Waals surface area contributed by atoms with Gasteiger partial charge in [0.15, 0.2) is 0 Å². The van der Waals surface area contributed by atoms with E-state index in [1.165, 1.54) is 10.6 Å². The van der Waals surface area contributed by atoms with E-state index < -0.39 is 17.4 Å². The summed E-state index contributed by atoms with van der Waals surface area (Å²) in [5.74, 6) is -1.09. The Morgan fingerprint density at radius 1 is 1.03 bits per heavy atom. The van der Waals surface area contributed by atoms with E-state index >= 15 is 0 Å². The second-order valence-electron chi connectivity index (χ2n) is 7.24. The van der Waals surface area contributed by atoms with Gasteiger partial charge in [-0.25, -0.2) is 9.78 Å². The summed E-state index contributed by atoms with van der Waals surface area (Å²) in [7, 11) is 0. The van der Waals surface area contributed by atoms with Crippen molar-refractivity contribution in [1.82, 2.24) is 14.9 Å². The molecule has 9 heteroatoms. The van der Waals surface area contributed by atoms with E-state index in [4.69, 9.17) is 4.74 Å². The molecule has 0 fully saturated rings. The molecule has 1 aromatic heterocycles. The van der Waals surface area contributed by atoms with E-state index in [9.17, 15) is 19.2 Å². The largest absolute Gasteiger partial charge is 0.462 e. The Bertz CT molecular complexity index is 1230. The smallest absolute Gasteiger partial charge is 0.338 e. The third-order valence-electron chi connectivity index (χ3n) is 4.84. The molecule has 0 saturated heterocycles. The Labute approximate surface area is 190 Å². The molecule has 3 aromatic rings. The highest BCUT2D eigenvalue weighted by Gasteiger charge is 2.15. The molecule has 0 aliphatic rings. The summed E-state index contributed by atoms with van der Waals surface area (Å²) in [4.78, 5) is 54.0. The molecule has 3 rings (SSSR count). The van der Waals surface area contributed by atoms with Crippen LogP contribution in [-0.2, 0) is 27.3 Å². The number of hydrogen-bond acceptors (Lipinski definition) is 6. The van der Waals surface area contributed by atoms with Crippen LogP contribution in [0.5, 0.6) is 0 Å². The molecule has 2 N–H and O–H groups in total. The number of rotatable bonds is 9. The normalized spacial score (nSPS) is 10.6. The van der Waals surface area contributed by atoms with Crippen LogP contribution in [0.3, 0.4) is 0 Å². The van der Waals surface area contributed by atoms with Gasteiger partial charge in [-0.3, -0.25) is 19.0 Å². The first-order valence-corrected chi connectivity index (χ1v) is 10.7. The van der Waals surface area contributed by atoms with Gasteiger partial charge in [0.25, 0.3) is 5.56 Å². The fourth-order valence-corrected chi connectivity index (χ4v) is 3.37. The van der Waals surface area contributed by atoms with Crippen molar-refractivity contribution in [3.05, 3.63) is 70.1 Å². The third-order valence-corrected chi connectivity index (χ3v) is 4.84. The van der Waals surface area contributed by atoms with Gasteiger partial charge >= 0.3 is 5.97 Å². The predicted octanol–water partition coefficient (Wildman–Crippen LogP) is 2.28. The van der Waals surface area contributed by atoms with Crippen LogP contribution in [0.2, 0.25) is 0 Å². The zero-order valence-corrected chi connectivity index (χ0v) is 18.6. The molecule has 0 radical (unpaired) electrons. The Kier molecular flexibility index (Phi) is 7.91. The highest BCUT2D eigenvalue weighted by atomic mass is 16.5. The third kappa shape index (κ3) is 6.03. The standard InChI is InChI=1S/C24H26N4O5/c1-3-25-21(29)13-12-19-23(31)28(20-11-6-5-10-18(20)27-19)15-22(30)26-17-9-7-8-16(14-17)24(32)33-4-2/h5-11,14H,3-4,12-13,15H2,1-2H3,(H,25,29)(H,26,30). The first-order chi connectivity index (χ1) is 15.9. The summed E-state index contributed by atoms with van der Waals surface area (Å²) in [6, 6.07) is 13.4. The number of para-hydroxylation sites is 2. The Morgan fingerprint density at radius 3 is 2.58 bits per heavy atom. The number of anilines is 1. The molecule has 9 nitrogen and oxygen atoms in total.